The Labute approximate surface area is 89.9 Å². The van der Waals surface area contributed by atoms with Crippen LogP contribution >= 0.6 is 11.6 Å². The van der Waals surface area contributed by atoms with Gasteiger partial charge in [0, 0.05) is 11.6 Å². The van der Waals surface area contributed by atoms with Crippen LogP contribution in [0.4, 0.5) is 5.69 Å². The number of hydrogen-bond donors (Lipinski definition) is 1. The highest BCUT2D eigenvalue weighted by Crippen LogP contribution is 2.37. The van der Waals surface area contributed by atoms with Gasteiger partial charge in [0.1, 0.15) is 11.2 Å². The summed E-state index contributed by atoms with van der Waals surface area (Å²) in [5.74, 6) is -0.168. The molecule has 0 saturated carbocycles. The molecule has 74 valence electrons. The van der Waals surface area contributed by atoms with Crippen molar-refractivity contribution >= 4 is 34.3 Å². The molecule has 1 aromatic heterocycles. The number of phenols is 1. The van der Waals surface area contributed by atoms with Crippen molar-refractivity contribution in [3.05, 3.63) is 29.4 Å². The first kappa shape index (κ1) is 9.65. The normalized spacial score (nSPS) is 9.93. The van der Waals surface area contributed by atoms with E-state index in [1.54, 1.807) is 12.1 Å². The van der Waals surface area contributed by atoms with Gasteiger partial charge in [-0.05, 0) is 18.2 Å². The number of halogens is 1. The molecule has 0 bridgehead atoms. The largest absolute Gasteiger partial charge is 0.504 e. The number of pyridine rings is 1. The van der Waals surface area contributed by atoms with Crippen LogP contribution in [0.2, 0.25) is 5.02 Å². The van der Waals surface area contributed by atoms with Gasteiger partial charge in [-0.25, -0.2) is 4.79 Å². The van der Waals surface area contributed by atoms with Gasteiger partial charge >= 0.3 is 0 Å². The zero-order chi connectivity index (χ0) is 10.8. The van der Waals surface area contributed by atoms with Crippen LogP contribution < -0.4 is 0 Å². The van der Waals surface area contributed by atoms with E-state index in [2.05, 4.69) is 9.98 Å². The molecule has 2 aromatic rings. The Bertz CT molecular complexity index is 577. The van der Waals surface area contributed by atoms with Crippen LogP contribution in [-0.2, 0) is 4.79 Å². The summed E-state index contributed by atoms with van der Waals surface area (Å²) in [5.41, 5.74) is 0.389. The molecule has 0 aliphatic heterocycles. The van der Waals surface area contributed by atoms with E-state index in [1.807, 2.05) is 0 Å². The van der Waals surface area contributed by atoms with E-state index in [-0.39, 0.29) is 11.4 Å². The average Bonchev–Trinajstić information content (AvgIpc) is 2.26. The van der Waals surface area contributed by atoms with Crippen LogP contribution in [0.25, 0.3) is 10.9 Å². The van der Waals surface area contributed by atoms with Gasteiger partial charge in [-0.1, -0.05) is 11.6 Å². The van der Waals surface area contributed by atoms with Crippen molar-refractivity contribution in [3.63, 3.8) is 0 Å². The highest BCUT2D eigenvalue weighted by molar-refractivity contribution is 6.36. The van der Waals surface area contributed by atoms with Gasteiger partial charge < -0.3 is 5.11 Å². The summed E-state index contributed by atoms with van der Waals surface area (Å²) in [6, 6.07) is 4.82. The summed E-state index contributed by atoms with van der Waals surface area (Å²) >= 11 is 5.93. The minimum absolute atomic E-state index is 0.0706. The zero-order valence-corrected chi connectivity index (χ0v) is 8.19. The quantitative estimate of drug-likeness (QED) is 0.593. The van der Waals surface area contributed by atoms with Gasteiger partial charge in [-0.2, -0.15) is 4.99 Å². The molecule has 0 fully saturated rings. The summed E-state index contributed by atoms with van der Waals surface area (Å²) in [6.07, 6.45) is 2.87. The van der Waals surface area contributed by atoms with Crippen LogP contribution in [0.15, 0.2) is 29.4 Å². The standard InChI is InChI=1S/C10H5ClN2O2/c11-7-4-8(13-5-14)10(15)9-6(7)2-1-3-12-9/h1-4,15H. The monoisotopic (exact) mass is 220 g/mol. The van der Waals surface area contributed by atoms with Gasteiger partial charge in [-0.3, -0.25) is 4.98 Å². The molecule has 0 unspecified atom stereocenters. The Balaban J connectivity index is 2.90. The fourth-order valence-electron chi connectivity index (χ4n) is 1.31. The smallest absolute Gasteiger partial charge is 0.240 e. The number of aliphatic imine (C=N–C) groups is 1. The van der Waals surface area contributed by atoms with Gasteiger partial charge in [0.05, 0.1) is 5.02 Å². The Morgan fingerprint density at radius 2 is 2.33 bits per heavy atom. The third-order valence-corrected chi connectivity index (χ3v) is 2.27. The number of fused-ring (bicyclic) bond motifs is 1. The highest BCUT2D eigenvalue weighted by Gasteiger charge is 2.10. The average molecular weight is 221 g/mol. The lowest BCUT2D eigenvalue weighted by molar-refractivity contribution is 0.481. The van der Waals surface area contributed by atoms with Crippen molar-refractivity contribution in [2.24, 2.45) is 4.99 Å². The lowest BCUT2D eigenvalue weighted by atomic mass is 10.2. The van der Waals surface area contributed by atoms with Crippen molar-refractivity contribution in [3.8, 4) is 5.75 Å². The van der Waals surface area contributed by atoms with Gasteiger partial charge in [0.15, 0.2) is 5.75 Å². The van der Waals surface area contributed by atoms with Crippen molar-refractivity contribution in [1.29, 1.82) is 0 Å². The number of hydrogen-bond acceptors (Lipinski definition) is 4. The van der Waals surface area contributed by atoms with Crippen LogP contribution in [0.3, 0.4) is 0 Å². The molecule has 0 amide bonds. The fraction of sp³-hybridized carbons (Fsp3) is 0. The maximum absolute atomic E-state index is 10.1. The summed E-state index contributed by atoms with van der Waals surface area (Å²) in [7, 11) is 0. The number of phenolic OH excluding ortho intramolecular Hbond substituents is 1. The second-order valence-corrected chi connectivity index (χ2v) is 3.24. The fourth-order valence-corrected chi connectivity index (χ4v) is 1.56. The lowest BCUT2D eigenvalue weighted by Gasteiger charge is -2.03. The third-order valence-electron chi connectivity index (χ3n) is 1.96. The molecule has 1 aromatic carbocycles. The first-order chi connectivity index (χ1) is 7.24. The second-order valence-electron chi connectivity index (χ2n) is 2.83. The first-order valence-electron chi connectivity index (χ1n) is 4.08. The SMILES string of the molecule is O=C=Nc1cc(Cl)c2cccnc2c1O. The van der Waals surface area contributed by atoms with Crippen LogP contribution in [0.5, 0.6) is 5.75 Å². The molecule has 0 spiro atoms. The van der Waals surface area contributed by atoms with Gasteiger partial charge in [0.2, 0.25) is 6.08 Å². The summed E-state index contributed by atoms with van der Waals surface area (Å²) < 4.78 is 0. The Morgan fingerprint density at radius 1 is 1.53 bits per heavy atom. The predicted molar refractivity (Wildman–Crippen MR) is 56.2 cm³/mol. The van der Waals surface area contributed by atoms with E-state index in [9.17, 15) is 9.90 Å². The minimum atomic E-state index is -0.168. The maximum Gasteiger partial charge on any atom is 0.240 e. The molecular formula is C10H5ClN2O2. The first-order valence-corrected chi connectivity index (χ1v) is 4.46. The predicted octanol–water partition coefficient (Wildman–Crippen LogP) is 2.56. The van der Waals surface area contributed by atoms with Crippen molar-refractivity contribution < 1.29 is 9.90 Å². The van der Waals surface area contributed by atoms with E-state index >= 15 is 0 Å². The number of aromatic hydroxyl groups is 1. The number of nitrogens with zero attached hydrogens (tertiary/aromatic N) is 2. The van der Waals surface area contributed by atoms with E-state index in [4.69, 9.17) is 11.6 Å². The molecule has 15 heavy (non-hydrogen) atoms. The van der Waals surface area contributed by atoms with E-state index in [0.717, 1.165) is 0 Å². The lowest BCUT2D eigenvalue weighted by Crippen LogP contribution is -1.81. The molecule has 0 atom stereocenters. The molecule has 1 N–H and O–H groups in total. The number of benzene rings is 1. The molecule has 2 rings (SSSR count). The number of aromatic nitrogens is 1. The number of carbonyl (C=O) groups excluding carboxylic acids is 1. The van der Waals surface area contributed by atoms with Crippen molar-refractivity contribution in [1.82, 2.24) is 4.98 Å². The molecular weight excluding hydrogens is 216 g/mol. The van der Waals surface area contributed by atoms with Gasteiger partial charge in [0.25, 0.3) is 0 Å². The number of isocyanates is 1. The highest BCUT2D eigenvalue weighted by atomic mass is 35.5. The molecule has 0 aliphatic carbocycles. The Morgan fingerprint density at radius 3 is 3.07 bits per heavy atom. The Hall–Kier alpha value is -1.90. The molecule has 5 heteroatoms. The molecule has 1 heterocycles. The topological polar surface area (TPSA) is 62.5 Å². The molecule has 0 aliphatic rings. The Kier molecular flexibility index (Phi) is 2.37. The van der Waals surface area contributed by atoms with Crippen LogP contribution in [0, 0.1) is 0 Å². The second kappa shape index (κ2) is 3.69. The van der Waals surface area contributed by atoms with E-state index in [0.29, 0.717) is 15.9 Å². The maximum atomic E-state index is 10.1. The third kappa shape index (κ3) is 1.56. The van der Waals surface area contributed by atoms with Crippen LogP contribution in [0.1, 0.15) is 0 Å². The van der Waals surface area contributed by atoms with E-state index in [1.165, 1.54) is 18.3 Å². The molecule has 4 nitrogen and oxygen atoms in total. The van der Waals surface area contributed by atoms with Gasteiger partial charge in [-0.15, -0.1) is 0 Å². The molecule has 0 radical (unpaired) electrons. The van der Waals surface area contributed by atoms with Crippen molar-refractivity contribution in [2.75, 3.05) is 0 Å². The molecule has 0 saturated heterocycles. The zero-order valence-electron chi connectivity index (χ0n) is 7.44. The van der Waals surface area contributed by atoms with E-state index < -0.39 is 0 Å². The summed E-state index contributed by atoms with van der Waals surface area (Å²) in [6.45, 7) is 0. The number of rotatable bonds is 1. The van der Waals surface area contributed by atoms with Crippen LogP contribution in [-0.4, -0.2) is 16.2 Å². The summed E-state index contributed by atoms with van der Waals surface area (Å²) in [5, 5.41) is 10.7. The minimum Gasteiger partial charge on any atom is -0.504 e. The van der Waals surface area contributed by atoms with Crippen molar-refractivity contribution in [2.45, 2.75) is 0 Å². The summed E-state index contributed by atoms with van der Waals surface area (Å²) in [4.78, 5) is 17.4.